The summed E-state index contributed by atoms with van der Waals surface area (Å²) in [5.74, 6) is -1.63. The summed E-state index contributed by atoms with van der Waals surface area (Å²) in [4.78, 5) is 10.3. The van der Waals surface area contributed by atoms with Crippen molar-refractivity contribution in [3.63, 3.8) is 0 Å². The van der Waals surface area contributed by atoms with E-state index in [1.54, 1.807) is 5.32 Å². The third-order valence-electron chi connectivity index (χ3n) is 1.98. The number of carbonyl (C=O) groups excluding carboxylic acids is 1. The second-order valence-corrected chi connectivity index (χ2v) is 3.21. The molecule has 6 heteroatoms. The fourth-order valence-corrected chi connectivity index (χ4v) is 1.00. The van der Waals surface area contributed by atoms with Gasteiger partial charge in [-0.25, -0.2) is 0 Å². The van der Waals surface area contributed by atoms with Crippen molar-refractivity contribution < 1.29 is 18.0 Å². The van der Waals surface area contributed by atoms with Crippen LogP contribution in [0.1, 0.15) is 12.8 Å². The predicted molar refractivity (Wildman–Crippen MR) is 39.8 cm³/mol. The first-order valence-electron chi connectivity index (χ1n) is 4.02. The van der Waals surface area contributed by atoms with Crippen molar-refractivity contribution in [3.05, 3.63) is 0 Å². The molecule has 0 bridgehead atoms. The van der Waals surface area contributed by atoms with Crippen molar-refractivity contribution in [1.82, 2.24) is 5.32 Å². The van der Waals surface area contributed by atoms with Crippen molar-refractivity contribution in [2.45, 2.75) is 25.1 Å². The van der Waals surface area contributed by atoms with Gasteiger partial charge in [-0.3, -0.25) is 4.79 Å². The summed E-state index contributed by atoms with van der Waals surface area (Å²) in [7, 11) is 0. The van der Waals surface area contributed by atoms with Crippen LogP contribution in [0, 0.1) is 5.92 Å². The highest BCUT2D eigenvalue weighted by Gasteiger charge is 2.39. The molecule has 0 radical (unpaired) electrons. The molecule has 1 atom stereocenters. The van der Waals surface area contributed by atoms with Crippen molar-refractivity contribution in [2.75, 3.05) is 6.54 Å². The second kappa shape index (κ2) is 3.53. The van der Waals surface area contributed by atoms with E-state index in [9.17, 15) is 18.0 Å². The average molecular weight is 196 g/mol. The highest BCUT2D eigenvalue weighted by molar-refractivity contribution is 5.81. The van der Waals surface area contributed by atoms with E-state index in [0.29, 0.717) is 0 Å². The molecular weight excluding hydrogens is 185 g/mol. The molecule has 0 aromatic carbocycles. The molecule has 1 saturated carbocycles. The minimum atomic E-state index is -4.80. The number of halogens is 3. The largest absolute Gasteiger partial charge is 0.471 e. The Morgan fingerprint density at radius 1 is 1.54 bits per heavy atom. The van der Waals surface area contributed by atoms with Crippen molar-refractivity contribution >= 4 is 5.91 Å². The first kappa shape index (κ1) is 10.3. The summed E-state index contributed by atoms with van der Waals surface area (Å²) in [6.07, 6.45) is -2.91. The van der Waals surface area contributed by atoms with Crippen molar-refractivity contribution in [1.29, 1.82) is 0 Å². The number of rotatable bonds is 3. The summed E-state index contributed by atoms with van der Waals surface area (Å²) < 4.78 is 35.0. The lowest BCUT2D eigenvalue weighted by atomic mass is 10.2. The summed E-state index contributed by atoms with van der Waals surface area (Å²) in [6.45, 7) is -0.0942. The van der Waals surface area contributed by atoms with Gasteiger partial charge in [0.2, 0.25) is 0 Å². The third-order valence-corrected chi connectivity index (χ3v) is 1.98. The minimum Gasteiger partial charge on any atom is -0.347 e. The van der Waals surface area contributed by atoms with Gasteiger partial charge in [0, 0.05) is 12.6 Å². The lowest BCUT2D eigenvalue weighted by Gasteiger charge is -2.12. The predicted octanol–water partition coefficient (Wildman–Crippen LogP) is 0.402. The SMILES string of the molecule is NC(CNC(=O)C(F)(F)F)C1CC1. The zero-order chi connectivity index (χ0) is 10.1. The van der Waals surface area contributed by atoms with Gasteiger partial charge in [-0.05, 0) is 18.8 Å². The topological polar surface area (TPSA) is 55.1 Å². The fraction of sp³-hybridized carbons (Fsp3) is 0.857. The molecule has 1 unspecified atom stereocenters. The number of alkyl halides is 3. The number of nitrogens with one attached hydrogen (secondary N) is 1. The molecule has 1 aliphatic carbocycles. The van der Waals surface area contributed by atoms with Gasteiger partial charge in [-0.2, -0.15) is 13.2 Å². The van der Waals surface area contributed by atoms with E-state index in [-0.39, 0.29) is 18.5 Å². The van der Waals surface area contributed by atoms with E-state index in [1.165, 1.54) is 0 Å². The van der Waals surface area contributed by atoms with E-state index in [0.717, 1.165) is 12.8 Å². The Hall–Kier alpha value is -0.780. The standard InChI is InChI=1S/C7H11F3N2O/c8-7(9,10)6(13)12-3-5(11)4-1-2-4/h4-5H,1-3,11H2,(H,12,13). The normalized spacial score (nSPS) is 19.7. The zero-order valence-electron chi connectivity index (χ0n) is 6.90. The Morgan fingerprint density at radius 2 is 2.08 bits per heavy atom. The maximum atomic E-state index is 11.7. The molecule has 0 aliphatic heterocycles. The molecule has 3 nitrogen and oxygen atoms in total. The van der Waals surface area contributed by atoms with Gasteiger partial charge in [0.15, 0.2) is 0 Å². The van der Waals surface area contributed by atoms with Gasteiger partial charge in [-0.15, -0.1) is 0 Å². The van der Waals surface area contributed by atoms with Crippen LogP contribution in [-0.2, 0) is 4.79 Å². The van der Waals surface area contributed by atoms with Gasteiger partial charge >= 0.3 is 12.1 Å². The van der Waals surface area contributed by atoms with Crippen LogP contribution in [0.3, 0.4) is 0 Å². The molecule has 13 heavy (non-hydrogen) atoms. The van der Waals surface area contributed by atoms with Crippen LogP contribution in [0.2, 0.25) is 0 Å². The van der Waals surface area contributed by atoms with E-state index < -0.39 is 12.1 Å². The Labute approximate surface area is 73.5 Å². The molecule has 76 valence electrons. The highest BCUT2D eigenvalue weighted by Crippen LogP contribution is 2.31. The van der Waals surface area contributed by atoms with Gasteiger partial charge in [0.1, 0.15) is 0 Å². The molecule has 1 amide bonds. The Bertz CT molecular complexity index is 200. The molecule has 0 aromatic rings. The molecule has 0 spiro atoms. The van der Waals surface area contributed by atoms with Crippen LogP contribution in [0.5, 0.6) is 0 Å². The van der Waals surface area contributed by atoms with E-state index in [2.05, 4.69) is 0 Å². The highest BCUT2D eigenvalue weighted by atomic mass is 19.4. The van der Waals surface area contributed by atoms with Crippen LogP contribution >= 0.6 is 0 Å². The number of hydrogen-bond acceptors (Lipinski definition) is 2. The monoisotopic (exact) mass is 196 g/mol. The minimum absolute atomic E-state index is 0.0942. The molecule has 1 aliphatic rings. The van der Waals surface area contributed by atoms with Gasteiger partial charge in [0.25, 0.3) is 0 Å². The first-order valence-corrected chi connectivity index (χ1v) is 4.02. The Kier molecular flexibility index (Phi) is 2.80. The van der Waals surface area contributed by atoms with Crippen LogP contribution in [0.15, 0.2) is 0 Å². The molecule has 1 fully saturated rings. The number of carbonyl (C=O) groups is 1. The number of nitrogens with two attached hydrogens (primary N) is 1. The third kappa shape index (κ3) is 3.22. The smallest absolute Gasteiger partial charge is 0.347 e. The van der Waals surface area contributed by atoms with Crippen molar-refractivity contribution in [2.24, 2.45) is 11.7 Å². The van der Waals surface area contributed by atoms with E-state index in [1.807, 2.05) is 0 Å². The van der Waals surface area contributed by atoms with Gasteiger partial charge in [0.05, 0.1) is 0 Å². The lowest BCUT2D eigenvalue weighted by Crippen LogP contribution is -2.44. The molecule has 1 rings (SSSR count). The molecule has 3 N–H and O–H groups in total. The maximum Gasteiger partial charge on any atom is 0.471 e. The van der Waals surface area contributed by atoms with Gasteiger partial charge < -0.3 is 11.1 Å². The molecular formula is C7H11F3N2O. The van der Waals surface area contributed by atoms with E-state index >= 15 is 0 Å². The zero-order valence-corrected chi connectivity index (χ0v) is 6.90. The van der Waals surface area contributed by atoms with Crippen LogP contribution in [0.25, 0.3) is 0 Å². The summed E-state index contributed by atoms with van der Waals surface area (Å²) in [6, 6.07) is -0.341. The number of amides is 1. The van der Waals surface area contributed by atoms with Crippen LogP contribution in [0.4, 0.5) is 13.2 Å². The van der Waals surface area contributed by atoms with Crippen molar-refractivity contribution in [3.8, 4) is 0 Å². The fourth-order valence-electron chi connectivity index (χ4n) is 1.00. The first-order chi connectivity index (χ1) is 5.91. The van der Waals surface area contributed by atoms with Crippen LogP contribution < -0.4 is 11.1 Å². The molecule has 0 heterocycles. The van der Waals surface area contributed by atoms with E-state index in [4.69, 9.17) is 5.73 Å². The molecule has 0 saturated heterocycles. The summed E-state index contributed by atoms with van der Waals surface area (Å²) >= 11 is 0. The summed E-state index contributed by atoms with van der Waals surface area (Å²) in [5.41, 5.74) is 5.49. The Balaban J connectivity index is 2.21. The summed E-state index contributed by atoms with van der Waals surface area (Å²) in [5, 5.41) is 1.75. The van der Waals surface area contributed by atoms with Gasteiger partial charge in [-0.1, -0.05) is 0 Å². The van der Waals surface area contributed by atoms with Crippen LogP contribution in [-0.4, -0.2) is 24.7 Å². The quantitative estimate of drug-likeness (QED) is 0.686. The molecule has 0 aromatic heterocycles. The Morgan fingerprint density at radius 3 is 2.46 bits per heavy atom. The average Bonchev–Trinajstić information content (AvgIpc) is 2.79. The number of hydrogen-bond donors (Lipinski definition) is 2. The second-order valence-electron chi connectivity index (χ2n) is 3.21. The maximum absolute atomic E-state index is 11.7. The lowest BCUT2D eigenvalue weighted by molar-refractivity contribution is -0.173.